The van der Waals surface area contributed by atoms with E-state index in [1.54, 1.807) is 26.0 Å². The Bertz CT molecular complexity index is 836. The monoisotopic (exact) mass is 387 g/mol. The average Bonchev–Trinajstić information content (AvgIpc) is 2.69. The molecule has 3 nitrogen and oxygen atoms in total. The Morgan fingerprint density at radius 2 is 1.78 bits per heavy atom. The summed E-state index contributed by atoms with van der Waals surface area (Å²) in [7, 11) is 0. The van der Waals surface area contributed by atoms with Gasteiger partial charge in [0, 0.05) is 22.7 Å². The van der Waals surface area contributed by atoms with Crippen molar-refractivity contribution in [2.24, 2.45) is 5.41 Å². The van der Waals surface area contributed by atoms with Crippen molar-refractivity contribution in [3.05, 3.63) is 59.4 Å². The number of halogens is 5. The molecule has 0 saturated carbocycles. The fourth-order valence-electron chi connectivity index (χ4n) is 3.29. The van der Waals surface area contributed by atoms with Gasteiger partial charge in [-0.1, -0.05) is 19.9 Å². The third-order valence-electron chi connectivity index (χ3n) is 4.59. The van der Waals surface area contributed by atoms with Gasteiger partial charge in [-0.2, -0.15) is 22.0 Å². The minimum absolute atomic E-state index is 0.0328. The fourth-order valence-corrected chi connectivity index (χ4v) is 3.29. The highest BCUT2D eigenvalue weighted by Crippen LogP contribution is 2.50. The van der Waals surface area contributed by atoms with Crippen LogP contribution < -0.4 is 4.74 Å². The number of hydrogen-bond acceptors (Lipinski definition) is 3. The molecule has 2 heterocycles. The van der Waals surface area contributed by atoms with Gasteiger partial charge in [-0.15, -0.1) is 0 Å². The van der Waals surface area contributed by atoms with E-state index >= 15 is 0 Å². The van der Waals surface area contributed by atoms with E-state index in [0.717, 1.165) is 6.07 Å². The molecule has 0 saturated heterocycles. The van der Waals surface area contributed by atoms with Crippen LogP contribution in [0.5, 0.6) is 5.75 Å². The quantitative estimate of drug-likeness (QED) is 0.754. The number of alkyl halides is 5. The Hall–Kier alpha value is -2.22. The van der Waals surface area contributed by atoms with Crippen molar-refractivity contribution in [3.8, 4) is 5.75 Å². The number of pyridine rings is 1. The molecule has 0 radical (unpaired) electrons. The number of aliphatic hydroxyl groups is 1. The molecule has 1 aliphatic heterocycles. The summed E-state index contributed by atoms with van der Waals surface area (Å²) in [5.41, 5.74) is -3.73. The summed E-state index contributed by atoms with van der Waals surface area (Å²) >= 11 is 0. The van der Waals surface area contributed by atoms with Gasteiger partial charge >= 0.3 is 12.1 Å². The average molecular weight is 387 g/mol. The summed E-state index contributed by atoms with van der Waals surface area (Å²) in [6, 6.07) is 7.09. The van der Waals surface area contributed by atoms with Crippen LogP contribution in [0.3, 0.4) is 0 Å². The minimum Gasteiger partial charge on any atom is -0.493 e. The zero-order valence-corrected chi connectivity index (χ0v) is 14.6. The molecule has 1 N–H and O–H groups in total. The van der Waals surface area contributed by atoms with E-state index in [4.69, 9.17) is 4.74 Å². The van der Waals surface area contributed by atoms with Gasteiger partial charge in [-0.05, 0) is 36.8 Å². The lowest BCUT2D eigenvalue weighted by atomic mass is 9.75. The van der Waals surface area contributed by atoms with E-state index in [9.17, 15) is 27.1 Å². The molecule has 1 atom stereocenters. The molecular formula is C19H18F5NO2. The van der Waals surface area contributed by atoms with Crippen LogP contribution in [-0.2, 0) is 11.5 Å². The van der Waals surface area contributed by atoms with Gasteiger partial charge in [0.25, 0.3) is 0 Å². The minimum atomic E-state index is -5.75. The molecule has 8 heteroatoms. The molecule has 1 unspecified atom stereocenters. The molecule has 0 amide bonds. The summed E-state index contributed by atoms with van der Waals surface area (Å²) in [6.07, 6.45) is -4.31. The van der Waals surface area contributed by atoms with Crippen molar-refractivity contribution in [2.75, 3.05) is 6.61 Å². The first kappa shape index (κ1) is 19.5. The van der Waals surface area contributed by atoms with E-state index in [2.05, 4.69) is 4.98 Å². The molecule has 1 aromatic heterocycles. The van der Waals surface area contributed by atoms with Gasteiger partial charge in [0.2, 0.25) is 0 Å². The SMILES string of the molecule is CC1(C)COc2ccc(C(F)(F)C(F)(F)F)cc2C(O)(c2ccccn2)C1. The topological polar surface area (TPSA) is 42.4 Å². The Morgan fingerprint density at radius 1 is 1.07 bits per heavy atom. The van der Waals surface area contributed by atoms with Crippen molar-refractivity contribution < 1.29 is 31.8 Å². The molecule has 3 rings (SSSR count). The predicted molar refractivity (Wildman–Crippen MR) is 87.5 cm³/mol. The normalized spacial score (nSPS) is 22.5. The molecule has 27 heavy (non-hydrogen) atoms. The fraction of sp³-hybridized carbons (Fsp3) is 0.421. The number of rotatable bonds is 2. The summed E-state index contributed by atoms with van der Waals surface area (Å²) in [5.74, 6) is -5.01. The highest BCUT2D eigenvalue weighted by molar-refractivity contribution is 5.47. The van der Waals surface area contributed by atoms with Crippen molar-refractivity contribution >= 4 is 0 Å². The number of hydrogen-bond donors (Lipinski definition) is 1. The number of fused-ring (bicyclic) bond motifs is 1. The van der Waals surface area contributed by atoms with Crippen LogP contribution in [-0.4, -0.2) is 22.9 Å². The summed E-state index contributed by atoms with van der Waals surface area (Å²) < 4.78 is 71.8. The number of nitrogens with zero attached hydrogens (tertiary/aromatic N) is 1. The van der Waals surface area contributed by atoms with Gasteiger partial charge in [-0.25, -0.2) is 0 Å². The highest BCUT2D eigenvalue weighted by Gasteiger charge is 2.59. The van der Waals surface area contributed by atoms with Crippen LogP contribution in [0.2, 0.25) is 0 Å². The molecule has 1 aromatic carbocycles. The van der Waals surface area contributed by atoms with E-state index in [-0.39, 0.29) is 30.0 Å². The second kappa shape index (κ2) is 6.15. The maximum absolute atomic E-state index is 13.9. The predicted octanol–water partition coefficient (Wildman–Crippen LogP) is 4.78. The third kappa shape index (κ3) is 3.38. The van der Waals surface area contributed by atoms with Crippen LogP contribution in [0.15, 0.2) is 42.6 Å². The van der Waals surface area contributed by atoms with Gasteiger partial charge in [0.15, 0.2) is 0 Å². The Labute approximate surface area is 152 Å². The first-order valence-electron chi connectivity index (χ1n) is 8.23. The Kier molecular flexibility index (Phi) is 4.45. The largest absolute Gasteiger partial charge is 0.493 e. The number of aromatic nitrogens is 1. The zero-order chi connectivity index (χ0) is 20.1. The lowest BCUT2D eigenvalue weighted by Crippen LogP contribution is -2.36. The highest BCUT2D eigenvalue weighted by atomic mass is 19.4. The molecule has 0 spiro atoms. The van der Waals surface area contributed by atoms with Crippen molar-refractivity contribution in [1.82, 2.24) is 4.98 Å². The smallest absolute Gasteiger partial charge is 0.458 e. The Morgan fingerprint density at radius 3 is 2.37 bits per heavy atom. The molecule has 0 bridgehead atoms. The number of benzene rings is 1. The van der Waals surface area contributed by atoms with Gasteiger partial charge in [0.1, 0.15) is 11.4 Å². The molecule has 0 fully saturated rings. The first-order valence-corrected chi connectivity index (χ1v) is 8.23. The summed E-state index contributed by atoms with van der Waals surface area (Å²) in [6.45, 7) is 3.76. The molecule has 2 aromatic rings. The van der Waals surface area contributed by atoms with Crippen molar-refractivity contribution in [2.45, 2.75) is 38.0 Å². The van der Waals surface area contributed by atoms with Crippen molar-refractivity contribution in [1.29, 1.82) is 0 Å². The van der Waals surface area contributed by atoms with Gasteiger partial charge < -0.3 is 9.84 Å². The lowest BCUT2D eigenvalue weighted by Gasteiger charge is -2.33. The second-order valence-electron chi connectivity index (χ2n) is 7.49. The molecule has 1 aliphatic rings. The van der Waals surface area contributed by atoms with E-state index in [1.807, 2.05) is 0 Å². The van der Waals surface area contributed by atoms with E-state index in [0.29, 0.717) is 12.1 Å². The van der Waals surface area contributed by atoms with Crippen LogP contribution in [0.1, 0.15) is 37.1 Å². The van der Waals surface area contributed by atoms with E-state index < -0.39 is 28.7 Å². The summed E-state index contributed by atoms with van der Waals surface area (Å²) in [5, 5.41) is 11.4. The van der Waals surface area contributed by atoms with Crippen LogP contribution in [0, 0.1) is 5.41 Å². The van der Waals surface area contributed by atoms with Crippen LogP contribution in [0.25, 0.3) is 0 Å². The van der Waals surface area contributed by atoms with Gasteiger partial charge in [-0.3, -0.25) is 4.98 Å². The van der Waals surface area contributed by atoms with Crippen LogP contribution >= 0.6 is 0 Å². The second-order valence-corrected chi connectivity index (χ2v) is 7.49. The lowest BCUT2D eigenvalue weighted by molar-refractivity contribution is -0.289. The zero-order valence-electron chi connectivity index (χ0n) is 14.6. The van der Waals surface area contributed by atoms with Crippen LogP contribution in [0.4, 0.5) is 22.0 Å². The first-order chi connectivity index (χ1) is 12.4. The Balaban J connectivity index is 2.23. The maximum Gasteiger partial charge on any atom is 0.458 e. The summed E-state index contributed by atoms with van der Waals surface area (Å²) in [4.78, 5) is 4.11. The molecule has 0 aliphatic carbocycles. The number of ether oxygens (including phenoxy) is 1. The third-order valence-corrected chi connectivity index (χ3v) is 4.59. The standard InChI is InChI=1S/C19H18F5NO2/c1-16(2)10-17(26,15-5-3-4-8-25-15)13-9-12(6-7-14(13)27-11-16)18(20,21)19(22,23)24/h3-9,26H,10-11H2,1-2H3. The van der Waals surface area contributed by atoms with Crippen molar-refractivity contribution in [3.63, 3.8) is 0 Å². The maximum atomic E-state index is 13.9. The van der Waals surface area contributed by atoms with E-state index in [1.165, 1.54) is 12.3 Å². The van der Waals surface area contributed by atoms with Gasteiger partial charge in [0.05, 0.1) is 12.3 Å². The molecule has 146 valence electrons. The molecular weight excluding hydrogens is 369 g/mol.